The third-order valence-electron chi connectivity index (χ3n) is 3.62. The average Bonchev–Trinajstić information content (AvgIpc) is 2.43. The third-order valence-corrected chi connectivity index (χ3v) is 4.58. The van der Waals surface area contributed by atoms with E-state index >= 15 is 0 Å². The van der Waals surface area contributed by atoms with Crippen LogP contribution in [-0.2, 0) is 15.6 Å². The quantitative estimate of drug-likeness (QED) is 0.459. The number of rotatable bonds is 6. The van der Waals surface area contributed by atoms with Crippen LogP contribution in [0.15, 0.2) is 12.1 Å². The first-order valence-electron chi connectivity index (χ1n) is 8.24. The summed E-state index contributed by atoms with van der Waals surface area (Å²) in [6.07, 6.45) is 0.293. The highest BCUT2D eigenvalue weighted by molar-refractivity contribution is 7.99. The van der Waals surface area contributed by atoms with Gasteiger partial charge in [-0.2, -0.15) is 11.8 Å². The van der Waals surface area contributed by atoms with Crippen molar-refractivity contribution in [3.05, 3.63) is 23.3 Å². The molecule has 1 aromatic carbocycles. The van der Waals surface area contributed by atoms with Gasteiger partial charge in [0.25, 0.3) is 0 Å². The Bertz CT molecular complexity index is 533. The first-order chi connectivity index (χ1) is 11.0. The van der Waals surface area contributed by atoms with E-state index in [1.807, 2.05) is 41.5 Å². The van der Waals surface area contributed by atoms with Gasteiger partial charge < -0.3 is 14.9 Å². The first kappa shape index (κ1) is 20.8. The Morgan fingerprint density at radius 3 is 1.96 bits per heavy atom. The number of hydrogen-bond acceptors (Lipinski definition) is 5. The number of carbonyl (C=O) groups is 1. The minimum absolute atomic E-state index is 0.113. The predicted molar refractivity (Wildman–Crippen MR) is 100 cm³/mol. The van der Waals surface area contributed by atoms with Crippen molar-refractivity contribution in [2.75, 3.05) is 18.1 Å². The van der Waals surface area contributed by atoms with E-state index in [4.69, 9.17) is 9.84 Å². The first-order valence-corrected chi connectivity index (χ1v) is 9.39. The fourth-order valence-corrected chi connectivity index (χ4v) is 2.96. The maximum Gasteiger partial charge on any atom is 0.312 e. The summed E-state index contributed by atoms with van der Waals surface area (Å²) in [6.45, 7) is 12.2. The van der Waals surface area contributed by atoms with Crippen LogP contribution < -0.4 is 4.74 Å². The predicted octanol–water partition coefficient (Wildman–Crippen LogP) is 4.01. The highest BCUT2D eigenvalue weighted by atomic mass is 32.2. The minimum Gasteiger partial charge on any atom is -0.507 e. The van der Waals surface area contributed by atoms with Gasteiger partial charge in [0.2, 0.25) is 0 Å². The fourth-order valence-electron chi connectivity index (χ4n) is 2.31. The molecule has 0 spiro atoms. The second-order valence-electron chi connectivity index (χ2n) is 7.93. The number of phenols is 1. The lowest BCUT2D eigenvalue weighted by Crippen LogP contribution is -2.18. The van der Waals surface area contributed by atoms with Crippen molar-refractivity contribution < 1.29 is 19.7 Å². The monoisotopic (exact) mass is 354 g/mol. The van der Waals surface area contributed by atoms with Gasteiger partial charge in [0.1, 0.15) is 11.5 Å². The summed E-state index contributed by atoms with van der Waals surface area (Å²) in [6, 6.07) is 3.51. The van der Waals surface area contributed by atoms with Crippen molar-refractivity contribution in [2.24, 2.45) is 0 Å². The Labute approximate surface area is 149 Å². The van der Waals surface area contributed by atoms with Gasteiger partial charge in [-0.1, -0.05) is 41.5 Å². The number of ether oxygens (including phenoxy) is 1. The standard InChI is InChI=1S/C19H30O4S/c1-18(2,3)14-11-13(12-15(17(14)22)19(4,5)6)23-16(21)7-9-24-10-8-20/h11-12,20,22H,7-10H2,1-6H3. The molecule has 4 nitrogen and oxygen atoms in total. The van der Waals surface area contributed by atoms with Gasteiger partial charge in [0.15, 0.2) is 0 Å². The highest BCUT2D eigenvalue weighted by Crippen LogP contribution is 2.41. The number of benzene rings is 1. The SMILES string of the molecule is CC(C)(C)c1cc(OC(=O)CCSCCO)cc(C(C)(C)C)c1O. The van der Waals surface area contributed by atoms with Gasteiger partial charge in [0, 0.05) is 22.6 Å². The van der Waals surface area contributed by atoms with Crippen molar-refractivity contribution >= 4 is 17.7 Å². The zero-order valence-corrected chi connectivity index (χ0v) is 16.4. The van der Waals surface area contributed by atoms with Crippen LogP contribution in [-0.4, -0.2) is 34.3 Å². The van der Waals surface area contributed by atoms with E-state index in [1.165, 1.54) is 11.8 Å². The fraction of sp³-hybridized carbons (Fsp3) is 0.632. The smallest absolute Gasteiger partial charge is 0.312 e. The second-order valence-corrected chi connectivity index (χ2v) is 9.15. The zero-order valence-electron chi connectivity index (χ0n) is 15.6. The summed E-state index contributed by atoms with van der Waals surface area (Å²) in [7, 11) is 0. The largest absolute Gasteiger partial charge is 0.507 e. The van der Waals surface area contributed by atoms with E-state index in [0.29, 0.717) is 23.7 Å². The van der Waals surface area contributed by atoms with E-state index in [9.17, 15) is 9.90 Å². The van der Waals surface area contributed by atoms with E-state index in [-0.39, 0.29) is 29.2 Å². The van der Waals surface area contributed by atoms with Gasteiger partial charge in [-0.15, -0.1) is 0 Å². The lowest BCUT2D eigenvalue weighted by molar-refractivity contribution is -0.133. The molecule has 0 aliphatic rings. The van der Waals surface area contributed by atoms with Crippen molar-refractivity contribution in [2.45, 2.75) is 58.8 Å². The van der Waals surface area contributed by atoms with Crippen LogP contribution in [0.5, 0.6) is 11.5 Å². The molecule has 5 heteroatoms. The Balaban J connectivity index is 3.05. The average molecular weight is 355 g/mol. The van der Waals surface area contributed by atoms with E-state index < -0.39 is 0 Å². The minimum atomic E-state index is -0.300. The number of aromatic hydroxyl groups is 1. The lowest BCUT2D eigenvalue weighted by Gasteiger charge is -2.27. The van der Waals surface area contributed by atoms with E-state index in [0.717, 1.165) is 11.1 Å². The number of aliphatic hydroxyl groups is 1. The van der Waals surface area contributed by atoms with Crippen LogP contribution in [0.4, 0.5) is 0 Å². The molecule has 0 saturated carbocycles. The highest BCUT2D eigenvalue weighted by Gasteiger charge is 2.27. The summed E-state index contributed by atoms with van der Waals surface area (Å²) in [4.78, 5) is 12.0. The van der Waals surface area contributed by atoms with Crippen LogP contribution in [0.3, 0.4) is 0 Å². The molecule has 0 bridgehead atoms. The Morgan fingerprint density at radius 1 is 1.04 bits per heavy atom. The molecule has 0 amide bonds. The molecule has 0 atom stereocenters. The maximum absolute atomic E-state index is 12.0. The molecule has 136 valence electrons. The molecule has 0 aromatic heterocycles. The molecule has 0 aliphatic carbocycles. The van der Waals surface area contributed by atoms with Gasteiger partial charge >= 0.3 is 5.97 Å². The molecule has 0 saturated heterocycles. The summed E-state index contributed by atoms with van der Waals surface area (Å²) in [5, 5.41) is 19.4. The molecule has 0 radical (unpaired) electrons. The molecule has 24 heavy (non-hydrogen) atoms. The molecule has 1 rings (SSSR count). The number of phenolic OH excluding ortho intramolecular Hbond substituents is 1. The van der Waals surface area contributed by atoms with E-state index in [1.54, 1.807) is 12.1 Å². The van der Waals surface area contributed by atoms with Crippen molar-refractivity contribution in [3.8, 4) is 11.5 Å². The maximum atomic E-state index is 12.0. The molecule has 1 aromatic rings. The molecule has 0 heterocycles. The number of thioether (sulfide) groups is 1. The van der Waals surface area contributed by atoms with Gasteiger partial charge in [0.05, 0.1) is 13.0 Å². The van der Waals surface area contributed by atoms with Crippen LogP contribution in [0.2, 0.25) is 0 Å². The number of hydrogen-bond donors (Lipinski definition) is 2. The molecule has 2 N–H and O–H groups in total. The third kappa shape index (κ3) is 6.02. The number of esters is 1. The topological polar surface area (TPSA) is 66.8 Å². The summed E-state index contributed by atoms with van der Waals surface area (Å²) in [5.41, 5.74) is 1.02. The number of carbonyl (C=O) groups excluding carboxylic acids is 1. The van der Waals surface area contributed by atoms with Crippen molar-refractivity contribution in [1.29, 1.82) is 0 Å². The molecule has 0 unspecified atom stereocenters. The lowest BCUT2D eigenvalue weighted by atomic mass is 9.79. The van der Waals surface area contributed by atoms with Gasteiger partial charge in [-0.3, -0.25) is 4.79 Å². The van der Waals surface area contributed by atoms with Crippen LogP contribution in [0, 0.1) is 0 Å². The van der Waals surface area contributed by atoms with Crippen LogP contribution >= 0.6 is 11.8 Å². The second kappa shape index (κ2) is 8.26. The molecular weight excluding hydrogens is 324 g/mol. The molecule has 0 fully saturated rings. The van der Waals surface area contributed by atoms with E-state index in [2.05, 4.69) is 0 Å². The van der Waals surface area contributed by atoms with Crippen molar-refractivity contribution in [1.82, 2.24) is 0 Å². The summed E-state index contributed by atoms with van der Waals surface area (Å²) >= 11 is 1.52. The van der Waals surface area contributed by atoms with Gasteiger partial charge in [-0.25, -0.2) is 0 Å². The zero-order chi connectivity index (χ0) is 18.5. The summed E-state index contributed by atoms with van der Waals surface area (Å²) in [5.74, 6) is 1.68. The van der Waals surface area contributed by atoms with Crippen LogP contribution in [0.1, 0.15) is 59.1 Å². The van der Waals surface area contributed by atoms with Crippen molar-refractivity contribution in [3.63, 3.8) is 0 Å². The Hall–Kier alpha value is -1.20. The molecule has 0 aliphatic heterocycles. The number of aliphatic hydroxyl groups excluding tert-OH is 1. The van der Waals surface area contributed by atoms with Crippen LogP contribution in [0.25, 0.3) is 0 Å². The Morgan fingerprint density at radius 2 is 1.54 bits per heavy atom. The molecular formula is C19H30O4S. The summed E-state index contributed by atoms with van der Waals surface area (Å²) < 4.78 is 5.50. The normalized spacial score (nSPS) is 12.3. The Kier molecular flexibility index (Phi) is 7.17. The van der Waals surface area contributed by atoms with Gasteiger partial charge in [-0.05, 0) is 23.0 Å².